The van der Waals surface area contributed by atoms with Gasteiger partial charge in [-0.05, 0) is 12.2 Å². The maximum atomic E-state index is 4.77. The molecule has 0 fully saturated rings. The van der Waals surface area contributed by atoms with Crippen molar-refractivity contribution in [2.75, 3.05) is 11.5 Å². The zero-order chi connectivity index (χ0) is 8.69. The third-order valence-electron chi connectivity index (χ3n) is 0.734. The Morgan fingerprint density at radius 1 is 1.27 bits per heavy atom. The van der Waals surface area contributed by atoms with Crippen LogP contribution in [0, 0.1) is 0 Å². The van der Waals surface area contributed by atoms with Gasteiger partial charge in [-0.3, -0.25) is 0 Å². The van der Waals surface area contributed by atoms with Crippen LogP contribution in [0.25, 0.3) is 0 Å². The van der Waals surface area contributed by atoms with Gasteiger partial charge in [0.2, 0.25) is 0 Å². The van der Waals surface area contributed by atoms with Gasteiger partial charge in [-0.25, -0.2) is 0 Å². The van der Waals surface area contributed by atoms with Crippen LogP contribution in [-0.2, 0) is 12.6 Å². The van der Waals surface area contributed by atoms with E-state index in [0.29, 0.717) is 7.06 Å². The van der Waals surface area contributed by atoms with Crippen molar-refractivity contribution in [1.29, 1.82) is 0 Å². The first-order valence-corrected chi connectivity index (χ1v) is 6.46. The fraction of sp³-hybridized carbons (Fsp3) is 0.600. The van der Waals surface area contributed by atoms with E-state index in [1.807, 2.05) is 0 Å². The zero-order valence-electron chi connectivity index (χ0n) is 5.61. The highest BCUT2D eigenvalue weighted by Crippen LogP contribution is 2.12. The van der Waals surface area contributed by atoms with Gasteiger partial charge in [-0.1, -0.05) is 15.7 Å². The first kappa shape index (κ1) is 12.4. The van der Waals surface area contributed by atoms with E-state index in [4.69, 9.17) is 37.1 Å². The highest BCUT2D eigenvalue weighted by molar-refractivity contribution is 8.41. The van der Waals surface area contributed by atoms with E-state index < -0.39 is 0 Å². The summed E-state index contributed by atoms with van der Waals surface area (Å²) in [6, 6.07) is 0. The lowest BCUT2D eigenvalue weighted by Gasteiger charge is -2.02. The molecule has 0 aliphatic rings. The molecule has 0 aliphatic heterocycles. The molecule has 0 unspecified atom stereocenters. The fourth-order valence-electron chi connectivity index (χ4n) is 0.374. The van der Waals surface area contributed by atoms with Crippen molar-refractivity contribution in [2.24, 2.45) is 0 Å². The van der Waals surface area contributed by atoms with Gasteiger partial charge in [0.05, 0.1) is 0 Å². The van der Waals surface area contributed by atoms with Gasteiger partial charge in [-0.15, -0.1) is 36.2 Å². The third kappa shape index (κ3) is 11.5. The predicted molar refractivity (Wildman–Crippen MR) is 71.1 cm³/mol. The highest BCUT2D eigenvalue weighted by atomic mass is 32.2. The number of thiol groups is 1. The summed E-state index contributed by atoms with van der Waals surface area (Å²) in [5.41, 5.74) is 0. The molecule has 0 aliphatic carbocycles. The molecule has 6 heteroatoms. The van der Waals surface area contributed by atoms with Gasteiger partial charge < -0.3 is 24.8 Å². The summed E-state index contributed by atoms with van der Waals surface area (Å²) in [4.78, 5) is 0. The average molecular weight is 260 g/mol. The van der Waals surface area contributed by atoms with E-state index in [2.05, 4.69) is 12.6 Å². The Bertz CT molecular complexity index is 126. The minimum Gasteiger partial charge on any atom is -0.422 e. The quantitative estimate of drug-likeness (QED) is 0.356. The Hall–Kier alpha value is 1.45. The number of thiocarbonyl (C=S) groups is 2. The summed E-state index contributed by atoms with van der Waals surface area (Å²) in [5, 5.41) is 0. The second kappa shape index (κ2) is 8.07. The van der Waals surface area contributed by atoms with Crippen molar-refractivity contribution >= 4 is 80.3 Å². The SMILES string of the molecule is S=C([S-])SCCCSC(=S)S. The smallest absolute Gasteiger partial charge is 0.101 e. The minimum absolute atomic E-state index is 0.600. The van der Waals surface area contributed by atoms with Crippen LogP contribution in [0.3, 0.4) is 0 Å². The van der Waals surface area contributed by atoms with Gasteiger partial charge >= 0.3 is 0 Å². The van der Waals surface area contributed by atoms with Crippen LogP contribution in [0.4, 0.5) is 0 Å². The average Bonchev–Trinajstić information content (AvgIpc) is 1.85. The van der Waals surface area contributed by atoms with Gasteiger partial charge in [0.25, 0.3) is 0 Å². The van der Waals surface area contributed by atoms with Gasteiger partial charge in [0.15, 0.2) is 0 Å². The minimum atomic E-state index is 0.600. The molecular weight excluding hydrogens is 252 g/mol. The van der Waals surface area contributed by atoms with E-state index in [-0.39, 0.29) is 0 Å². The molecule has 0 bridgehead atoms. The number of hydrogen-bond donors (Lipinski definition) is 1. The monoisotopic (exact) mass is 259 g/mol. The summed E-state index contributed by atoms with van der Waals surface area (Å²) < 4.78 is 1.31. The van der Waals surface area contributed by atoms with Crippen molar-refractivity contribution in [3.05, 3.63) is 0 Å². The van der Waals surface area contributed by atoms with E-state index in [1.165, 1.54) is 0 Å². The summed E-state index contributed by atoms with van der Waals surface area (Å²) in [5.74, 6) is 2.00. The van der Waals surface area contributed by atoms with E-state index in [9.17, 15) is 0 Å². The Labute approximate surface area is 97.5 Å². The molecule has 64 valence electrons. The topological polar surface area (TPSA) is 0 Å². The van der Waals surface area contributed by atoms with Crippen molar-refractivity contribution in [2.45, 2.75) is 6.42 Å². The molecule has 0 aromatic heterocycles. The number of rotatable bonds is 4. The third-order valence-corrected chi connectivity index (χ3v) is 3.65. The van der Waals surface area contributed by atoms with Gasteiger partial charge in [0, 0.05) is 5.75 Å². The largest absolute Gasteiger partial charge is 0.422 e. The lowest BCUT2D eigenvalue weighted by Crippen LogP contribution is -1.88. The van der Waals surface area contributed by atoms with Gasteiger partial charge in [-0.2, -0.15) is 0 Å². The fourth-order valence-corrected chi connectivity index (χ4v) is 2.50. The van der Waals surface area contributed by atoms with Crippen molar-refractivity contribution < 1.29 is 0 Å². The van der Waals surface area contributed by atoms with E-state index in [0.717, 1.165) is 17.9 Å². The van der Waals surface area contributed by atoms with E-state index >= 15 is 0 Å². The second-order valence-electron chi connectivity index (χ2n) is 1.57. The summed E-state index contributed by atoms with van der Waals surface area (Å²) in [7, 11) is 0. The molecule has 0 aromatic carbocycles. The van der Waals surface area contributed by atoms with Crippen molar-refractivity contribution in [3.63, 3.8) is 0 Å². The zero-order valence-corrected chi connectivity index (χ0v) is 10.6. The van der Waals surface area contributed by atoms with Crippen LogP contribution in [0.2, 0.25) is 0 Å². The van der Waals surface area contributed by atoms with E-state index in [1.54, 1.807) is 23.5 Å². The predicted octanol–water partition coefficient (Wildman–Crippen LogP) is 2.89. The maximum Gasteiger partial charge on any atom is 0.101 e. The molecule has 0 N–H and O–H groups in total. The molecule has 0 radical (unpaired) electrons. The first-order chi connectivity index (χ1) is 5.13. The number of hydrogen-bond acceptors (Lipinski definition) is 5. The molecule has 0 nitrogen and oxygen atoms in total. The Balaban J connectivity index is 3.03. The summed E-state index contributed by atoms with van der Waals surface area (Å²) in [6.07, 6.45) is 1.08. The Kier molecular flexibility index (Phi) is 9.13. The van der Waals surface area contributed by atoms with Crippen LogP contribution >= 0.6 is 60.6 Å². The number of thioether (sulfide) groups is 2. The highest BCUT2D eigenvalue weighted by Gasteiger charge is 1.90. The Morgan fingerprint density at radius 2 is 1.82 bits per heavy atom. The van der Waals surface area contributed by atoms with Crippen molar-refractivity contribution in [3.8, 4) is 0 Å². The molecule has 0 aromatic rings. The molecule has 0 saturated carbocycles. The van der Waals surface area contributed by atoms with Crippen LogP contribution in [0.1, 0.15) is 6.42 Å². The van der Waals surface area contributed by atoms with Gasteiger partial charge in [0.1, 0.15) is 3.53 Å². The molecule has 11 heavy (non-hydrogen) atoms. The molecule has 0 atom stereocenters. The van der Waals surface area contributed by atoms with Crippen molar-refractivity contribution in [1.82, 2.24) is 0 Å². The van der Waals surface area contributed by atoms with Crippen LogP contribution in [0.15, 0.2) is 0 Å². The van der Waals surface area contributed by atoms with Crippen LogP contribution in [0.5, 0.6) is 0 Å². The lowest BCUT2D eigenvalue weighted by molar-refractivity contribution is 1.13. The van der Waals surface area contributed by atoms with Crippen LogP contribution < -0.4 is 0 Å². The summed E-state index contributed by atoms with van der Waals surface area (Å²) in [6.45, 7) is 0. The molecule has 0 saturated heterocycles. The molecule has 0 rings (SSSR count). The first-order valence-electron chi connectivity index (χ1n) is 2.82. The molecule has 0 spiro atoms. The normalized spacial score (nSPS) is 9.55. The second-order valence-corrected chi connectivity index (χ2v) is 7.09. The molecule has 0 heterocycles. The lowest BCUT2D eigenvalue weighted by atomic mass is 10.6. The standard InChI is InChI=1S/C5H8S6/c6-4(7)10-2-1-3-11-5(8)9/h1-3H2,(H,6,7)(H,8,9)/p-1. The summed E-state index contributed by atoms with van der Waals surface area (Å²) >= 11 is 21.3. The van der Waals surface area contributed by atoms with Crippen LogP contribution in [-0.4, -0.2) is 18.6 Å². The molecule has 0 amide bonds. The maximum absolute atomic E-state index is 4.77. The Morgan fingerprint density at radius 3 is 2.27 bits per heavy atom. The molecular formula is C5H7S6-.